The van der Waals surface area contributed by atoms with Gasteiger partial charge in [0.25, 0.3) is 5.91 Å². The van der Waals surface area contributed by atoms with Crippen molar-refractivity contribution >= 4 is 28.6 Å². The maximum atomic E-state index is 12.7. The molecule has 0 radical (unpaired) electrons. The molecule has 0 aromatic carbocycles. The molecule has 3 fully saturated rings. The molecule has 0 spiro atoms. The van der Waals surface area contributed by atoms with Gasteiger partial charge in [0, 0.05) is 24.0 Å². The van der Waals surface area contributed by atoms with E-state index in [2.05, 4.69) is 26.6 Å². The quantitative estimate of drug-likeness (QED) is 0.825. The summed E-state index contributed by atoms with van der Waals surface area (Å²) in [5, 5.41) is 11.7. The van der Waals surface area contributed by atoms with Crippen molar-refractivity contribution in [3.05, 3.63) is 28.6 Å². The number of hydrogen-bond acceptors (Lipinski definition) is 6. The van der Waals surface area contributed by atoms with E-state index in [0.29, 0.717) is 23.7 Å². The zero-order valence-corrected chi connectivity index (χ0v) is 17.0. The van der Waals surface area contributed by atoms with E-state index in [1.165, 1.54) is 38.8 Å². The summed E-state index contributed by atoms with van der Waals surface area (Å²) < 4.78 is 0. The van der Waals surface area contributed by atoms with E-state index in [1.54, 1.807) is 22.7 Å². The minimum atomic E-state index is -0.0338. The Hall–Kier alpha value is -1.28. The van der Waals surface area contributed by atoms with E-state index in [-0.39, 0.29) is 5.91 Å². The van der Waals surface area contributed by atoms with Gasteiger partial charge in [-0.15, -0.1) is 22.7 Å². The summed E-state index contributed by atoms with van der Waals surface area (Å²) in [6.45, 7) is 4.18. The van der Waals surface area contributed by atoms with Gasteiger partial charge in [-0.05, 0) is 62.2 Å². The Morgan fingerprint density at radius 1 is 1.30 bits per heavy atom. The number of nitrogens with one attached hydrogen (secondary N) is 2. The van der Waals surface area contributed by atoms with Gasteiger partial charge in [0.15, 0.2) is 0 Å². The number of nitrogens with zero attached hydrogens (tertiary/aromatic N) is 2. The lowest BCUT2D eigenvalue weighted by molar-refractivity contribution is -0.0371. The number of thiazole rings is 1. The van der Waals surface area contributed by atoms with Crippen LogP contribution in [0.5, 0.6) is 0 Å². The fraction of sp³-hybridized carbons (Fsp3) is 0.600. The second-order valence-corrected chi connectivity index (χ2v) is 9.81. The monoisotopic (exact) mass is 402 g/mol. The van der Waals surface area contributed by atoms with Crippen molar-refractivity contribution < 1.29 is 4.79 Å². The molecule has 2 aromatic heterocycles. The maximum Gasteiger partial charge on any atom is 0.270 e. The topological polar surface area (TPSA) is 57.3 Å². The number of rotatable bonds is 4. The number of piperidine rings is 3. The molecule has 27 heavy (non-hydrogen) atoms. The van der Waals surface area contributed by atoms with Crippen LogP contribution in [0.3, 0.4) is 0 Å². The van der Waals surface area contributed by atoms with Gasteiger partial charge in [-0.2, -0.15) is 0 Å². The van der Waals surface area contributed by atoms with Gasteiger partial charge < -0.3 is 10.6 Å². The third kappa shape index (κ3) is 3.46. The van der Waals surface area contributed by atoms with Crippen LogP contribution in [0.15, 0.2) is 22.9 Å². The SMILES string of the molecule is O=C(NC[C@H]1[C@@H]2CNC[C@@H](C2)[C@@H]2CCCCN21)c1csc(-c2cccs2)n1. The molecule has 4 atom stereocenters. The Morgan fingerprint density at radius 2 is 2.22 bits per heavy atom. The number of carbonyl (C=O) groups is 1. The van der Waals surface area contributed by atoms with Crippen molar-refractivity contribution in [2.75, 3.05) is 26.2 Å². The molecule has 0 aliphatic carbocycles. The number of amides is 1. The first-order chi connectivity index (χ1) is 13.3. The van der Waals surface area contributed by atoms with Crippen molar-refractivity contribution in [1.29, 1.82) is 0 Å². The number of carbonyl (C=O) groups excluding carboxylic acids is 1. The third-order valence-electron chi connectivity index (χ3n) is 6.47. The summed E-state index contributed by atoms with van der Waals surface area (Å²) in [6.07, 6.45) is 5.28. The van der Waals surface area contributed by atoms with Gasteiger partial charge in [0.2, 0.25) is 0 Å². The van der Waals surface area contributed by atoms with E-state index in [9.17, 15) is 4.79 Å². The predicted molar refractivity (Wildman–Crippen MR) is 110 cm³/mol. The fourth-order valence-electron chi connectivity index (χ4n) is 5.23. The van der Waals surface area contributed by atoms with Crippen LogP contribution in [-0.2, 0) is 0 Å². The van der Waals surface area contributed by atoms with Crippen molar-refractivity contribution in [2.45, 2.75) is 37.8 Å². The lowest BCUT2D eigenvalue weighted by Crippen LogP contribution is -2.65. The van der Waals surface area contributed by atoms with Crippen LogP contribution in [0.4, 0.5) is 0 Å². The first-order valence-corrected chi connectivity index (χ1v) is 11.8. The van der Waals surface area contributed by atoms with Crippen LogP contribution < -0.4 is 10.6 Å². The standard InChI is InChI=1S/C20H26N4OS2/c25-19(15-12-27-20(23-15)18-5-3-7-26-18)22-11-17-14-8-13(9-21-10-14)16-4-1-2-6-24(16)17/h3,5,7,12-14,16-17,21H,1-2,4,6,8-11H2,(H,22,25)/t13-,14+,16+,17+/m1/s1. The molecule has 2 aromatic rings. The summed E-state index contributed by atoms with van der Waals surface area (Å²) in [5.41, 5.74) is 0.550. The summed E-state index contributed by atoms with van der Waals surface area (Å²) >= 11 is 3.21. The second kappa shape index (κ2) is 7.62. The molecule has 7 heteroatoms. The Kier molecular flexibility index (Phi) is 5.02. The number of thiophene rings is 1. The highest BCUT2D eigenvalue weighted by atomic mass is 32.1. The van der Waals surface area contributed by atoms with Crippen molar-refractivity contribution in [3.8, 4) is 9.88 Å². The predicted octanol–water partition coefficient (Wildman–Crippen LogP) is 3.06. The van der Waals surface area contributed by atoms with Crippen molar-refractivity contribution in [1.82, 2.24) is 20.5 Å². The molecule has 2 N–H and O–H groups in total. The highest BCUT2D eigenvalue weighted by Gasteiger charge is 2.45. The average Bonchev–Trinajstić information content (AvgIpc) is 3.40. The Labute approximate surface area is 168 Å². The van der Waals surface area contributed by atoms with Crippen LogP contribution in [0, 0.1) is 11.8 Å². The van der Waals surface area contributed by atoms with E-state index in [0.717, 1.165) is 28.9 Å². The van der Waals surface area contributed by atoms with Crippen LogP contribution in [0.25, 0.3) is 9.88 Å². The molecule has 144 valence electrons. The normalized spacial score (nSPS) is 30.7. The molecular weight excluding hydrogens is 376 g/mol. The average molecular weight is 403 g/mol. The summed E-state index contributed by atoms with van der Waals surface area (Å²) in [7, 11) is 0. The molecule has 3 saturated heterocycles. The number of hydrogen-bond donors (Lipinski definition) is 2. The Bertz CT molecular complexity index is 790. The first-order valence-electron chi connectivity index (χ1n) is 10.0. The highest BCUT2D eigenvalue weighted by Crippen LogP contribution is 2.38. The molecule has 2 bridgehead atoms. The molecular formula is C20H26N4OS2. The number of aromatic nitrogens is 1. The first kappa shape index (κ1) is 17.8. The third-order valence-corrected chi connectivity index (χ3v) is 8.35. The molecule has 3 aliphatic rings. The van der Waals surface area contributed by atoms with E-state index >= 15 is 0 Å². The molecule has 5 nitrogen and oxygen atoms in total. The lowest BCUT2D eigenvalue weighted by atomic mass is 9.73. The van der Waals surface area contributed by atoms with Crippen molar-refractivity contribution in [2.24, 2.45) is 11.8 Å². The van der Waals surface area contributed by atoms with Gasteiger partial charge in [-0.1, -0.05) is 12.5 Å². The smallest absolute Gasteiger partial charge is 0.270 e. The van der Waals surface area contributed by atoms with Gasteiger partial charge in [-0.3, -0.25) is 9.69 Å². The second-order valence-electron chi connectivity index (χ2n) is 8.01. The van der Waals surface area contributed by atoms with Gasteiger partial charge in [-0.25, -0.2) is 4.98 Å². The number of fused-ring (bicyclic) bond motifs is 4. The molecule has 0 unspecified atom stereocenters. The fourth-order valence-corrected chi connectivity index (χ4v) is 6.84. The zero-order valence-electron chi connectivity index (χ0n) is 15.4. The van der Waals surface area contributed by atoms with E-state index in [4.69, 9.17) is 0 Å². The van der Waals surface area contributed by atoms with Gasteiger partial charge in [0.05, 0.1) is 4.88 Å². The molecule has 0 saturated carbocycles. The molecule has 5 heterocycles. The van der Waals surface area contributed by atoms with E-state index in [1.807, 2.05) is 16.8 Å². The van der Waals surface area contributed by atoms with Crippen molar-refractivity contribution in [3.63, 3.8) is 0 Å². The molecule has 1 amide bonds. The Morgan fingerprint density at radius 3 is 3.11 bits per heavy atom. The summed E-state index contributed by atoms with van der Waals surface area (Å²) in [4.78, 5) is 21.1. The minimum absolute atomic E-state index is 0.0338. The zero-order chi connectivity index (χ0) is 18.2. The van der Waals surface area contributed by atoms with Crippen LogP contribution >= 0.6 is 22.7 Å². The molecule has 5 rings (SSSR count). The Balaban J connectivity index is 1.26. The molecule has 3 aliphatic heterocycles. The van der Waals surface area contributed by atoms with Gasteiger partial charge in [0.1, 0.15) is 10.7 Å². The van der Waals surface area contributed by atoms with Crippen LogP contribution in [0.1, 0.15) is 36.2 Å². The summed E-state index contributed by atoms with van der Waals surface area (Å²) in [6, 6.07) is 5.23. The maximum absolute atomic E-state index is 12.7. The highest BCUT2D eigenvalue weighted by molar-refractivity contribution is 7.20. The van der Waals surface area contributed by atoms with Crippen LogP contribution in [0.2, 0.25) is 0 Å². The van der Waals surface area contributed by atoms with Gasteiger partial charge >= 0.3 is 0 Å². The lowest BCUT2D eigenvalue weighted by Gasteiger charge is -2.55. The van der Waals surface area contributed by atoms with Crippen LogP contribution in [-0.4, -0.2) is 54.1 Å². The largest absolute Gasteiger partial charge is 0.349 e. The van der Waals surface area contributed by atoms with E-state index < -0.39 is 0 Å². The minimum Gasteiger partial charge on any atom is -0.349 e. The summed E-state index contributed by atoms with van der Waals surface area (Å²) in [5.74, 6) is 1.41.